The number of hydrogen-bond donors (Lipinski definition) is 1. The minimum absolute atomic E-state index is 0.0581. The molecule has 5 nitrogen and oxygen atoms in total. The molecule has 4 rings (SSSR count). The minimum atomic E-state index is -1.23. The van der Waals surface area contributed by atoms with Crippen molar-refractivity contribution in [3.8, 4) is 0 Å². The van der Waals surface area contributed by atoms with Gasteiger partial charge < -0.3 is 14.4 Å². The molecule has 0 bridgehead atoms. The van der Waals surface area contributed by atoms with Crippen LogP contribution in [0.15, 0.2) is 24.3 Å². The van der Waals surface area contributed by atoms with E-state index in [1.807, 2.05) is 29.2 Å². The number of rotatable bonds is 2. The van der Waals surface area contributed by atoms with E-state index in [0.717, 1.165) is 24.3 Å². The van der Waals surface area contributed by atoms with Gasteiger partial charge in [0.05, 0.1) is 32.0 Å². The first-order valence-corrected chi connectivity index (χ1v) is 9.05. The highest BCUT2D eigenvalue weighted by molar-refractivity contribution is 6.05. The van der Waals surface area contributed by atoms with Crippen molar-refractivity contribution in [2.24, 2.45) is 5.41 Å². The molecule has 1 aromatic rings. The molecule has 1 N–H and O–H groups in total. The number of nitrogens with one attached hydrogen (secondary N) is 1. The van der Waals surface area contributed by atoms with Crippen LogP contribution < -0.4 is 9.80 Å². The number of anilines is 1. The standard InChI is InChI=1S/C19H26N2O3/c1-18(2)12-23-19(24-13-18)15-8-4-5-9-16(15)21(17(19)22)14-20-10-6-3-7-11-20/h4-5,8-9H,3,6-7,10-14H2,1-2H3/p+1. The number of hydrogen-bond acceptors (Lipinski definition) is 3. The molecule has 0 radical (unpaired) electrons. The molecule has 2 saturated heterocycles. The predicted molar refractivity (Wildman–Crippen MR) is 90.7 cm³/mol. The molecule has 24 heavy (non-hydrogen) atoms. The summed E-state index contributed by atoms with van der Waals surface area (Å²) in [6, 6.07) is 7.92. The lowest BCUT2D eigenvalue weighted by Crippen LogP contribution is -3.14. The monoisotopic (exact) mass is 331 g/mol. The van der Waals surface area contributed by atoms with E-state index >= 15 is 0 Å². The van der Waals surface area contributed by atoms with Gasteiger partial charge >= 0.3 is 0 Å². The molecule has 1 aromatic carbocycles. The summed E-state index contributed by atoms with van der Waals surface area (Å²) in [6.45, 7) is 8.21. The molecule has 0 unspecified atom stereocenters. The van der Waals surface area contributed by atoms with Crippen LogP contribution in [0.5, 0.6) is 0 Å². The summed E-state index contributed by atoms with van der Waals surface area (Å²) in [5, 5.41) is 0. The first-order valence-electron chi connectivity index (χ1n) is 9.05. The molecule has 0 aromatic heterocycles. The second kappa shape index (κ2) is 5.83. The normalized spacial score (nSPS) is 25.9. The van der Waals surface area contributed by atoms with E-state index < -0.39 is 5.79 Å². The van der Waals surface area contributed by atoms with Crippen molar-refractivity contribution in [1.29, 1.82) is 0 Å². The Kier molecular flexibility index (Phi) is 3.90. The first-order chi connectivity index (χ1) is 11.5. The van der Waals surface area contributed by atoms with E-state index in [-0.39, 0.29) is 11.3 Å². The fraction of sp³-hybridized carbons (Fsp3) is 0.632. The Labute approximate surface area is 143 Å². The summed E-state index contributed by atoms with van der Waals surface area (Å²) < 4.78 is 12.2. The van der Waals surface area contributed by atoms with Crippen LogP contribution in [0.2, 0.25) is 0 Å². The van der Waals surface area contributed by atoms with Crippen molar-refractivity contribution in [1.82, 2.24) is 0 Å². The maximum atomic E-state index is 13.3. The van der Waals surface area contributed by atoms with Crippen LogP contribution in [0.3, 0.4) is 0 Å². The number of ether oxygens (including phenoxy) is 2. The molecule has 0 aliphatic carbocycles. The summed E-state index contributed by atoms with van der Waals surface area (Å²) in [5.41, 5.74) is 1.74. The Morgan fingerprint density at radius 2 is 1.75 bits per heavy atom. The minimum Gasteiger partial charge on any atom is -0.338 e. The van der Waals surface area contributed by atoms with Crippen molar-refractivity contribution >= 4 is 11.6 Å². The van der Waals surface area contributed by atoms with Crippen molar-refractivity contribution in [3.05, 3.63) is 29.8 Å². The molecule has 3 aliphatic heterocycles. The molecular weight excluding hydrogens is 304 g/mol. The number of piperidine rings is 1. The van der Waals surface area contributed by atoms with Gasteiger partial charge in [0.1, 0.15) is 0 Å². The van der Waals surface area contributed by atoms with Gasteiger partial charge in [0.2, 0.25) is 0 Å². The van der Waals surface area contributed by atoms with Gasteiger partial charge in [0, 0.05) is 11.0 Å². The fourth-order valence-corrected chi connectivity index (χ4v) is 3.94. The maximum Gasteiger partial charge on any atom is 0.296 e. The molecule has 130 valence electrons. The Bertz CT molecular complexity index is 627. The largest absolute Gasteiger partial charge is 0.338 e. The van der Waals surface area contributed by atoms with Crippen LogP contribution in [0.4, 0.5) is 5.69 Å². The summed E-state index contributed by atoms with van der Waals surface area (Å²) in [7, 11) is 0. The Morgan fingerprint density at radius 1 is 1.08 bits per heavy atom. The zero-order valence-corrected chi connectivity index (χ0v) is 14.6. The summed E-state index contributed by atoms with van der Waals surface area (Å²) >= 11 is 0. The van der Waals surface area contributed by atoms with Gasteiger partial charge in [-0.2, -0.15) is 0 Å². The number of likely N-dealkylation sites (tertiary alicyclic amines) is 1. The number of amides is 1. The van der Waals surface area contributed by atoms with Gasteiger partial charge in [-0.1, -0.05) is 32.0 Å². The molecule has 3 heterocycles. The summed E-state index contributed by atoms with van der Waals surface area (Å²) in [5.74, 6) is -1.29. The topological polar surface area (TPSA) is 43.2 Å². The average Bonchev–Trinajstić information content (AvgIpc) is 2.82. The third-order valence-corrected chi connectivity index (χ3v) is 5.35. The zero-order chi connectivity index (χ0) is 16.8. The molecule has 0 saturated carbocycles. The van der Waals surface area contributed by atoms with Crippen LogP contribution in [-0.4, -0.2) is 38.9 Å². The van der Waals surface area contributed by atoms with Gasteiger partial charge in [0.25, 0.3) is 11.7 Å². The third kappa shape index (κ3) is 2.55. The number of carbonyl (C=O) groups excluding carboxylic acids is 1. The molecule has 1 amide bonds. The second-order valence-corrected chi connectivity index (χ2v) is 8.08. The van der Waals surface area contributed by atoms with Gasteiger partial charge in [-0.3, -0.25) is 9.69 Å². The molecule has 2 fully saturated rings. The van der Waals surface area contributed by atoms with Crippen LogP contribution in [0.1, 0.15) is 38.7 Å². The molecular formula is C19H27N2O3+. The molecule has 5 heteroatoms. The molecule has 0 atom stereocenters. The lowest BCUT2D eigenvalue weighted by Gasteiger charge is -2.40. The number of carbonyl (C=O) groups is 1. The highest BCUT2D eigenvalue weighted by Crippen LogP contribution is 2.46. The van der Waals surface area contributed by atoms with Crippen molar-refractivity contribution in [2.45, 2.75) is 38.9 Å². The van der Waals surface area contributed by atoms with Gasteiger partial charge in [0.15, 0.2) is 6.67 Å². The smallest absolute Gasteiger partial charge is 0.296 e. The van der Waals surface area contributed by atoms with Crippen LogP contribution in [-0.2, 0) is 20.1 Å². The Morgan fingerprint density at radius 3 is 2.46 bits per heavy atom. The third-order valence-electron chi connectivity index (χ3n) is 5.35. The number of fused-ring (bicyclic) bond motifs is 2. The van der Waals surface area contributed by atoms with E-state index in [2.05, 4.69) is 13.8 Å². The SMILES string of the molecule is CC1(C)COC2(OC1)C(=O)N(C[NH+]1CCCCC1)c1ccccc12. The average molecular weight is 331 g/mol. The number of quaternary nitrogens is 1. The second-order valence-electron chi connectivity index (χ2n) is 8.08. The van der Waals surface area contributed by atoms with Gasteiger partial charge in [-0.15, -0.1) is 0 Å². The van der Waals surface area contributed by atoms with E-state index in [1.165, 1.54) is 24.2 Å². The summed E-state index contributed by atoms with van der Waals surface area (Å²) in [4.78, 5) is 16.6. The van der Waals surface area contributed by atoms with Crippen LogP contribution in [0.25, 0.3) is 0 Å². The quantitative estimate of drug-likeness (QED) is 0.888. The lowest BCUT2D eigenvalue weighted by molar-refractivity contribution is -0.903. The highest BCUT2D eigenvalue weighted by atomic mass is 16.7. The molecule has 3 aliphatic rings. The lowest BCUT2D eigenvalue weighted by atomic mass is 9.93. The Balaban J connectivity index is 1.64. The van der Waals surface area contributed by atoms with E-state index in [1.54, 1.807) is 0 Å². The van der Waals surface area contributed by atoms with Crippen LogP contribution >= 0.6 is 0 Å². The fourth-order valence-electron chi connectivity index (χ4n) is 3.94. The maximum absolute atomic E-state index is 13.3. The highest BCUT2D eigenvalue weighted by Gasteiger charge is 2.57. The van der Waals surface area contributed by atoms with Crippen molar-refractivity contribution in [3.63, 3.8) is 0 Å². The van der Waals surface area contributed by atoms with E-state index in [0.29, 0.717) is 19.9 Å². The summed E-state index contributed by atoms with van der Waals surface area (Å²) in [6.07, 6.45) is 3.79. The number of benzene rings is 1. The number of nitrogens with zero attached hydrogens (tertiary/aromatic N) is 1. The van der Waals surface area contributed by atoms with Crippen LogP contribution in [0, 0.1) is 5.41 Å². The zero-order valence-electron chi connectivity index (χ0n) is 14.6. The predicted octanol–water partition coefficient (Wildman–Crippen LogP) is 1.29. The van der Waals surface area contributed by atoms with Crippen molar-refractivity contribution < 1.29 is 19.2 Å². The number of para-hydroxylation sites is 1. The van der Waals surface area contributed by atoms with Gasteiger partial charge in [-0.25, -0.2) is 0 Å². The van der Waals surface area contributed by atoms with E-state index in [4.69, 9.17) is 9.47 Å². The van der Waals surface area contributed by atoms with Crippen molar-refractivity contribution in [2.75, 3.05) is 37.9 Å². The van der Waals surface area contributed by atoms with Gasteiger partial charge in [-0.05, 0) is 25.3 Å². The first kappa shape index (κ1) is 16.1. The van der Waals surface area contributed by atoms with E-state index in [9.17, 15) is 4.79 Å². The Hall–Kier alpha value is -1.43. The molecule has 1 spiro atoms.